The van der Waals surface area contributed by atoms with Gasteiger partial charge in [-0.3, -0.25) is 0 Å². The summed E-state index contributed by atoms with van der Waals surface area (Å²) in [6, 6.07) is 6.29. The lowest BCUT2D eigenvalue weighted by atomic mass is 10.2. The maximum absolute atomic E-state index is 12.6. The molecule has 3 N–H and O–H groups in total. The zero-order valence-corrected chi connectivity index (χ0v) is 15.0. The Morgan fingerprint density at radius 2 is 2.17 bits per heavy atom. The molecule has 0 aliphatic heterocycles. The lowest BCUT2D eigenvalue weighted by Gasteiger charge is -2.16. The number of carbonyl (C=O) groups excluding carboxylic acids is 1. The molecule has 1 heterocycles. The second-order valence-electron chi connectivity index (χ2n) is 5.83. The summed E-state index contributed by atoms with van der Waals surface area (Å²) in [6.07, 6.45) is 2.02. The number of ether oxygens (including phenoxy) is 1. The average Bonchev–Trinajstić information content (AvgIpc) is 3.30. The van der Waals surface area contributed by atoms with Crippen molar-refractivity contribution in [1.29, 1.82) is 0 Å². The Bertz CT molecular complexity index is 856. The van der Waals surface area contributed by atoms with Crippen molar-refractivity contribution in [3.05, 3.63) is 29.1 Å². The van der Waals surface area contributed by atoms with E-state index >= 15 is 0 Å². The van der Waals surface area contributed by atoms with Crippen LogP contribution >= 0.6 is 11.3 Å². The van der Waals surface area contributed by atoms with Crippen LogP contribution in [-0.2, 0) is 14.8 Å². The molecule has 1 fully saturated rings. The summed E-state index contributed by atoms with van der Waals surface area (Å²) in [5, 5.41) is 0.710. The number of nitrogens with one attached hydrogen (secondary N) is 1. The Kier molecular flexibility index (Phi) is 4.91. The van der Waals surface area contributed by atoms with Crippen LogP contribution in [0.3, 0.4) is 0 Å². The number of carbonyl (C=O) groups is 1. The number of hydrogen-bond donors (Lipinski definition) is 2. The first-order valence-corrected chi connectivity index (χ1v) is 10.2. The molecule has 24 heavy (non-hydrogen) atoms. The smallest absolute Gasteiger partial charge is 0.348 e. The normalized spacial score (nSPS) is 16.2. The topological polar surface area (TPSA) is 98.5 Å². The summed E-state index contributed by atoms with van der Waals surface area (Å²) in [5.74, 6) is -0.0526. The van der Waals surface area contributed by atoms with Crippen LogP contribution in [0.25, 0.3) is 10.1 Å². The van der Waals surface area contributed by atoms with Crippen LogP contribution in [0.15, 0.2) is 29.2 Å². The monoisotopic (exact) mass is 368 g/mol. The number of sulfonamides is 1. The Morgan fingerprint density at radius 3 is 2.79 bits per heavy atom. The highest BCUT2D eigenvalue weighted by molar-refractivity contribution is 7.89. The molecule has 3 rings (SSSR count). The lowest BCUT2D eigenvalue weighted by Crippen LogP contribution is -2.41. The third-order valence-electron chi connectivity index (χ3n) is 4.03. The minimum Gasteiger partial charge on any atom is -0.462 e. The first-order chi connectivity index (χ1) is 11.4. The first-order valence-electron chi connectivity index (χ1n) is 7.87. The SMILES string of the molecule is CCOC(=O)c1cc2cc(S(=O)(=O)NC(CN)C3CC3)ccc2s1. The molecule has 1 unspecified atom stereocenters. The van der Waals surface area contributed by atoms with Gasteiger partial charge in [0.2, 0.25) is 10.0 Å². The lowest BCUT2D eigenvalue weighted by molar-refractivity contribution is 0.0532. The van der Waals surface area contributed by atoms with Crippen LogP contribution in [0, 0.1) is 5.92 Å². The predicted octanol–water partition coefficient (Wildman–Crippen LogP) is 2.09. The minimum absolute atomic E-state index is 0.183. The van der Waals surface area contributed by atoms with Crippen LogP contribution < -0.4 is 10.5 Å². The highest BCUT2D eigenvalue weighted by Crippen LogP contribution is 2.33. The average molecular weight is 368 g/mol. The van der Waals surface area contributed by atoms with Crippen molar-refractivity contribution in [2.45, 2.75) is 30.7 Å². The van der Waals surface area contributed by atoms with E-state index in [0.29, 0.717) is 22.8 Å². The number of hydrogen-bond acceptors (Lipinski definition) is 6. The van der Waals surface area contributed by atoms with Gasteiger partial charge in [-0.05, 0) is 55.3 Å². The second kappa shape index (κ2) is 6.79. The molecule has 130 valence electrons. The number of esters is 1. The number of nitrogens with two attached hydrogens (primary N) is 1. The van der Waals surface area contributed by atoms with Gasteiger partial charge in [0.1, 0.15) is 4.88 Å². The standard InChI is InChI=1S/C16H20N2O4S2/c1-2-22-16(19)15-8-11-7-12(5-6-14(11)23-15)24(20,21)18-13(9-17)10-3-4-10/h5-8,10,13,18H,2-4,9,17H2,1H3. The Morgan fingerprint density at radius 1 is 1.42 bits per heavy atom. The van der Waals surface area contributed by atoms with Gasteiger partial charge in [0.15, 0.2) is 0 Å². The fourth-order valence-electron chi connectivity index (χ4n) is 2.59. The van der Waals surface area contributed by atoms with Crippen molar-refractivity contribution in [1.82, 2.24) is 4.72 Å². The summed E-state index contributed by atoms with van der Waals surface area (Å²) in [6.45, 7) is 2.34. The summed E-state index contributed by atoms with van der Waals surface area (Å²) in [7, 11) is -3.63. The molecule has 1 saturated carbocycles. The molecule has 1 atom stereocenters. The van der Waals surface area contributed by atoms with Gasteiger partial charge in [-0.15, -0.1) is 11.3 Å². The molecule has 1 aromatic carbocycles. The van der Waals surface area contributed by atoms with Gasteiger partial charge >= 0.3 is 5.97 Å². The van der Waals surface area contributed by atoms with Crippen molar-refractivity contribution < 1.29 is 17.9 Å². The van der Waals surface area contributed by atoms with Crippen LogP contribution in [0.4, 0.5) is 0 Å². The fourth-order valence-corrected chi connectivity index (χ4v) is 4.88. The van der Waals surface area contributed by atoms with Gasteiger partial charge in [0.05, 0.1) is 11.5 Å². The van der Waals surface area contributed by atoms with Crippen LogP contribution in [0.5, 0.6) is 0 Å². The van der Waals surface area contributed by atoms with Gasteiger partial charge in [-0.1, -0.05) is 0 Å². The Balaban J connectivity index is 1.87. The van der Waals surface area contributed by atoms with Crippen molar-refractivity contribution in [2.75, 3.05) is 13.2 Å². The van der Waals surface area contributed by atoms with E-state index in [9.17, 15) is 13.2 Å². The zero-order valence-electron chi connectivity index (χ0n) is 13.3. The predicted molar refractivity (Wildman–Crippen MR) is 93.7 cm³/mol. The van der Waals surface area contributed by atoms with Gasteiger partial charge < -0.3 is 10.5 Å². The van der Waals surface area contributed by atoms with Gasteiger partial charge in [-0.2, -0.15) is 0 Å². The first kappa shape index (κ1) is 17.3. The molecule has 0 radical (unpaired) electrons. The summed E-state index contributed by atoms with van der Waals surface area (Å²) < 4.78 is 33.7. The summed E-state index contributed by atoms with van der Waals surface area (Å²) in [5.41, 5.74) is 5.68. The maximum Gasteiger partial charge on any atom is 0.348 e. The zero-order chi connectivity index (χ0) is 17.3. The highest BCUT2D eigenvalue weighted by Gasteiger charge is 2.33. The molecule has 0 saturated heterocycles. The van der Waals surface area contributed by atoms with E-state index < -0.39 is 16.0 Å². The van der Waals surface area contributed by atoms with Crippen molar-refractivity contribution in [3.63, 3.8) is 0 Å². The number of thiophene rings is 1. The van der Waals surface area contributed by atoms with E-state index in [0.717, 1.165) is 17.5 Å². The maximum atomic E-state index is 12.6. The molecular formula is C16H20N2O4S2. The number of benzene rings is 1. The molecule has 0 spiro atoms. The van der Waals surface area contributed by atoms with Crippen molar-refractivity contribution in [2.24, 2.45) is 11.7 Å². The van der Waals surface area contributed by atoms with E-state index in [-0.39, 0.29) is 17.5 Å². The second-order valence-corrected chi connectivity index (χ2v) is 8.63. The molecule has 8 heteroatoms. The largest absolute Gasteiger partial charge is 0.462 e. The van der Waals surface area contributed by atoms with Crippen molar-refractivity contribution >= 4 is 37.4 Å². The van der Waals surface area contributed by atoms with Crippen LogP contribution in [0.1, 0.15) is 29.4 Å². The third kappa shape index (κ3) is 3.61. The summed E-state index contributed by atoms with van der Waals surface area (Å²) >= 11 is 1.29. The van der Waals surface area contributed by atoms with Gasteiger partial charge in [0.25, 0.3) is 0 Å². The number of rotatable bonds is 7. The van der Waals surface area contributed by atoms with E-state index in [4.69, 9.17) is 10.5 Å². The van der Waals surface area contributed by atoms with E-state index in [2.05, 4.69) is 4.72 Å². The fraction of sp³-hybridized carbons (Fsp3) is 0.438. The molecule has 0 bridgehead atoms. The third-order valence-corrected chi connectivity index (χ3v) is 6.61. The highest BCUT2D eigenvalue weighted by atomic mass is 32.2. The quantitative estimate of drug-likeness (QED) is 0.729. The minimum atomic E-state index is -3.63. The molecule has 1 aliphatic rings. The van der Waals surface area contributed by atoms with Gasteiger partial charge in [0, 0.05) is 17.3 Å². The van der Waals surface area contributed by atoms with Crippen molar-refractivity contribution in [3.8, 4) is 0 Å². The van der Waals surface area contributed by atoms with Crippen LogP contribution in [0.2, 0.25) is 0 Å². The molecular weight excluding hydrogens is 348 g/mol. The van der Waals surface area contributed by atoms with Gasteiger partial charge in [-0.25, -0.2) is 17.9 Å². The van der Waals surface area contributed by atoms with E-state index in [1.165, 1.54) is 11.3 Å². The molecule has 6 nitrogen and oxygen atoms in total. The van der Waals surface area contributed by atoms with Crippen LogP contribution in [-0.4, -0.2) is 33.6 Å². The van der Waals surface area contributed by atoms with E-state index in [1.54, 1.807) is 31.2 Å². The molecule has 1 aliphatic carbocycles. The Hall–Kier alpha value is -1.48. The summed E-state index contributed by atoms with van der Waals surface area (Å²) in [4.78, 5) is 12.5. The molecule has 0 amide bonds. The molecule has 1 aromatic heterocycles. The van der Waals surface area contributed by atoms with E-state index in [1.807, 2.05) is 0 Å². The Labute approximate surface area is 145 Å². The molecule has 2 aromatic rings. The number of fused-ring (bicyclic) bond motifs is 1.